The number of hydrogen-bond donors (Lipinski definition) is 4. The third kappa shape index (κ3) is 2.56. The van der Waals surface area contributed by atoms with Crippen LogP contribution < -0.4 is 5.32 Å². The highest BCUT2D eigenvalue weighted by Gasteiger charge is 2.35. The molecule has 3 heterocycles. The van der Waals surface area contributed by atoms with Crippen LogP contribution in [0.5, 0.6) is 0 Å². The fourth-order valence-electron chi connectivity index (χ4n) is 2.29. The van der Waals surface area contributed by atoms with Crippen LogP contribution in [0.1, 0.15) is 18.1 Å². The lowest BCUT2D eigenvalue weighted by molar-refractivity contribution is -0.0432. The Kier molecular flexibility index (Phi) is 2.81. The number of nitrogens with one attached hydrogen (secondary N) is 1. The quantitative estimate of drug-likeness (QED) is 0.546. The number of fused-ring (bicyclic) bond motifs is 1. The van der Waals surface area contributed by atoms with E-state index in [-0.39, 0.29) is 30.0 Å². The lowest BCUT2D eigenvalue weighted by Crippen LogP contribution is -2.24. The van der Waals surface area contributed by atoms with Gasteiger partial charge in [0.05, 0.1) is 31.1 Å². The highest BCUT2D eigenvalue weighted by molar-refractivity contribution is 5.82. The first kappa shape index (κ1) is 10.0. The molecule has 4 N–H and O–H groups in total. The van der Waals surface area contributed by atoms with E-state index in [0.717, 1.165) is 6.33 Å². The summed E-state index contributed by atoms with van der Waals surface area (Å²) in [6, 6.07) is 0. The van der Waals surface area contributed by atoms with Gasteiger partial charge < -0.3 is 25.4 Å². The highest BCUT2D eigenvalue weighted by Crippen LogP contribution is 2.31. The summed E-state index contributed by atoms with van der Waals surface area (Å²) < 4.78 is 36.5. The number of aliphatic hydroxyl groups excluding tert-OH is 2. The first-order chi connectivity index (χ1) is 11.6. The van der Waals surface area contributed by atoms with E-state index < -0.39 is 31.5 Å². The molecule has 1 saturated heterocycles. The maximum atomic E-state index is 9.84. The zero-order chi connectivity index (χ0) is 18.4. The van der Waals surface area contributed by atoms with Crippen LogP contribution in [-0.2, 0) is 4.74 Å². The maximum Gasteiger partial charge on any atom is 0.167 e. The fraction of sp³-hybridized carbons (Fsp3) is 0.583. The van der Waals surface area contributed by atoms with Crippen molar-refractivity contribution in [3.05, 3.63) is 12.7 Å². The number of aromatic nitrogens is 4. The molecule has 3 atom stereocenters. The average Bonchev–Trinajstić information content (AvgIpc) is 3.09. The van der Waals surface area contributed by atoms with Crippen LogP contribution >= 0.6 is 0 Å². The van der Waals surface area contributed by atoms with Crippen molar-refractivity contribution < 1.29 is 25.5 Å². The summed E-state index contributed by atoms with van der Waals surface area (Å²) in [5, 5.41) is 30.5. The van der Waals surface area contributed by atoms with Crippen molar-refractivity contribution in [1.29, 1.82) is 0 Å². The van der Waals surface area contributed by atoms with E-state index in [1.54, 1.807) is 0 Å². The molecule has 1 fully saturated rings. The molecule has 0 aromatic carbocycles. The minimum atomic E-state index is -3.15. The molecule has 1 aliphatic rings. The summed E-state index contributed by atoms with van der Waals surface area (Å²) in [7, 11) is 0. The molecule has 1 aliphatic heterocycles. The monoisotopic (exact) mass is 299 g/mol. The number of nitrogens with zero attached hydrogens (tertiary/aromatic N) is 4. The minimum absolute atomic E-state index is 0.107. The van der Waals surface area contributed by atoms with Crippen LogP contribution in [0, 0.1) is 0 Å². The van der Waals surface area contributed by atoms with Crippen LogP contribution in [0.2, 0.25) is 0 Å². The van der Waals surface area contributed by atoms with Gasteiger partial charge in [-0.1, -0.05) is 0 Å². The van der Waals surface area contributed by atoms with E-state index in [9.17, 15) is 10.2 Å². The van der Waals surface area contributed by atoms with Crippen molar-refractivity contribution in [1.82, 2.24) is 19.5 Å². The lowest BCUT2D eigenvalue weighted by atomic mass is 10.2. The Hall–Kier alpha value is -1.81. The molecular formula is C12H17N5O4. The molecule has 2 aromatic heterocycles. The number of aliphatic hydroxyl groups is 3. The van der Waals surface area contributed by atoms with Gasteiger partial charge in [-0.25, -0.2) is 15.0 Å². The predicted octanol–water partition coefficient (Wildman–Crippen LogP) is -1.13. The van der Waals surface area contributed by atoms with E-state index in [1.165, 1.54) is 10.9 Å². The molecule has 9 heteroatoms. The SMILES string of the molecule is [2H]C([2H])(O)C([2H])([2H])Nc1ncnc2c1ncn2[C@H]1C[C@@H](O)[C@@H](CO)O1. The van der Waals surface area contributed by atoms with E-state index in [0.29, 0.717) is 0 Å². The minimum Gasteiger partial charge on any atom is -0.395 e. The molecule has 2 aromatic rings. The first-order valence-electron chi connectivity index (χ1n) is 8.26. The second kappa shape index (κ2) is 5.90. The van der Waals surface area contributed by atoms with Crippen LogP contribution in [-0.4, -0.2) is 66.7 Å². The Morgan fingerprint density at radius 3 is 3.00 bits per heavy atom. The molecule has 114 valence electrons. The van der Waals surface area contributed by atoms with E-state index in [4.69, 9.17) is 15.3 Å². The Morgan fingerprint density at radius 2 is 2.29 bits per heavy atom. The molecule has 0 spiro atoms. The lowest BCUT2D eigenvalue weighted by Gasteiger charge is -2.13. The molecule has 0 saturated carbocycles. The summed E-state index contributed by atoms with van der Waals surface area (Å²) in [6.07, 6.45) is 0.510. The number of hydrogen-bond acceptors (Lipinski definition) is 8. The molecule has 0 radical (unpaired) electrons. The summed E-state index contributed by atoms with van der Waals surface area (Å²) in [5.41, 5.74) is 0.406. The van der Waals surface area contributed by atoms with Crippen LogP contribution in [0.25, 0.3) is 11.2 Å². The van der Waals surface area contributed by atoms with Gasteiger partial charge in [0.2, 0.25) is 0 Å². The fourth-order valence-corrected chi connectivity index (χ4v) is 2.29. The molecular weight excluding hydrogens is 278 g/mol. The molecule has 9 nitrogen and oxygen atoms in total. The van der Waals surface area contributed by atoms with Crippen LogP contribution in [0.15, 0.2) is 12.7 Å². The van der Waals surface area contributed by atoms with E-state index in [2.05, 4.69) is 20.3 Å². The Morgan fingerprint density at radius 1 is 1.43 bits per heavy atom. The molecule has 0 amide bonds. The molecule has 0 unspecified atom stereocenters. The summed E-state index contributed by atoms with van der Waals surface area (Å²) in [5.74, 6) is -0.107. The van der Waals surface area contributed by atoms with Crippen molar-refractivity contribution in [2.75, 3.05) is 25.0 Å². The maximum absolute atomic E-state index is 9.84. The van der Waals surface area contributed by atoms with Crippen molar-refractivity contribution >= 4 is 17.0 Å². The zero-order valence-corrected chi connectivity index (χ0v) is 10.8. The summed E-state index contributed by atoms with van der Waals surface area (Å²) in [4.78, 5) is 12.0. The third-order valence-corrected chi connectivity index (χ3v) is 3.29. The molecule has 0 bridgehead atoms. The normalized spacial score (nSPS) is 29.8. The van der Waals surface area contributed by atoms with Gasteiger partial charge in [0.15, 0.2) is 17.0 Å². The number of rotatable bonds is 5. The standard InChI is InChI=1S/C12H17N5O4/c18-2-1-13-11-10-12(15-5-14-11)17(6-16-10)9-3-7(20)8(4-19)21-9/h5-9,18-20H,1-4H2,(H,13,14,15)/t7-,8-,9-/m1/s1/i1D2,2D2. The smallest absolute Gasteiger partial charge is 0.167 e. The molecule has 0 aliphatic carbocycles. The van der Waals surface area contributed by atoms with Crippen LogP contribution in [0.3, 0.4) is 0 Å². The van der Waals surface area contributed by atoms with Gasteiger partial charge in [0.1, 0.15) is 18.7 Å². The highest BCUT2D eigenvalue weighted by atomic mass is 16.5. The van der Waals surface area contributed by atoms with Crippen molar-refractivity contribution in [3.8, 4) is 0 Å². The van der Waals surface area contributed by atoms with Gasteiger partial charge in [-0.3, -0.25) is 4.57 Å². The van der Waals surface area contributed by atoms with Gasteiger partial charge in [0.25, 0.3) is 0 Å². The molecule has 21 heavy (non-hydrogen) atoms. The summed E-state index contributed by atoms with van der Waals surface area (Å²) >= 11 is 0. The Labute approximate surface area is 125 Å². The second-order valence-corrected chi connectivity index (χ2v) is 4.52. The van der Waals surface area contributed by atoms with Gasteiger partial charge in [0, 0.05) is 12.9 Å². The van der Waals surface area contributed by atoms with Gasteiger partial charge >= 0.3 is 0 Å². The first-order valence-corrected chi connectivity index (χ1v) is 6.26. The van der Waals surface area contributed by atoms with Gasteiger partial charge in [-0.2, -0.15) is 0 Å². The zero-order valence-electron chi connectivity index (χ0n) is 14.8. The van der Waals surface area contributed by atoms with Gasteiger partial charge in [-0.05, 0) is 0 Å². The Balaban J connectivity index is 1.94. The predicted molar refractivity (Wildman–Crippen MR) is 72.5 cm³/mol. The molecule has 3 rings (SSSR count). The van der Waals surface area contributed by atoms with Gasteiger partial charge in [-0.15, -0.1) is 0 Å². The average molecular weight is 299 g/mol. The van der Waals surface area contributed by atoms with E-state index >= 15 is 0 Å². The second-order valence-electron chi connectivity index (χ2n) is 4.52. The number of ether oxygens (including phenoxy) is 1. The summed E-state index contributed by atoms with van der Waals surface area (Å²) in [6.45, 7) is -6.31. The van der Waals surface area contributed by atoms with Crippen molar-refractivity contribution in [2.24, 2.45) is 0 Å². The van der Waals surface area contributed by atoms with Crippen LogP contribution in [0.4, 0.5) is 5.82 Å². The topological polar surface area (TPSA) is 126 Å². The largest absolute Gasteiger partial charge is 0.395 e. The van der Waals surface area contributed by atoms with Crippen molar-refractivity contribution in [3.63, 3.8) is 0 Å². The Bertz CT molecular complexity index is 768. The van der Waals surface area contributed by atoms with Crippen molar-refractivity contribution in [2.45, 2.75) is 24.9 Å². The van der Waals surface area contributed by atoms with E-state index in [1.807, 2.05) is 0 Å². The third-order valence-electron chi connectivity index (χ3n) is 3.29. The number of anilines is 1. The number of imidazole rings is 1.